The zero-order chi connectivity index (χ0) is 19.3. The van der Waals surface area contributed by atoms with E-state index in [9.17, 15) is 18.0 Å². The van der Waals surface area contributed by atoms with E-state index in [1.54, 1.807) is 26.1 Å². The van der Waals surface area contributed by atoms with Crippen molar-refractivity contribution < 1.29 is 18.0 Å². The lowest BCUT2D eigenvalue weighted by molar-refractivity contribution is -0.137. The number of nitrogens with two attached hydrogens (primary N) is 1. The quantitative estimate of drug-likeness (QED) is 0.888. The van der Waals surface area contributed by atoms with E-state index in [-0.39, 0.29) is 18.3 Å². The van der Waals surface area contributed by atoms with Crippen LogP contribution < -0.4 is 5.73 Å². The molecule has 0 saturated heterocycles. The van der Waals surface area contributed by atoms with Gasteiger partial charge in [0.15, 0.2) is 5.96 Å². The minimum absolute atomic E-state index is 0.0885. The number of aryl methyl sites for hydroxylation is 1. The Labute approximate surface area is 148 Å². The van der Waals surface area contributed by atoms with Crippen LogP contribution in [0.15, 0.2) is 35.3 Å². The summed E-state index contributed by atoms with van der Waals surface area (Å²) in [6.07, 6.45) is -4.34. The van der Waals surface area contributed by atoms with Crippen molar-refractivity contribution in [2.45, 2.75) is 25.1 Å². The Kier molecular flexibility index (Phi) is 4.05. The summed E-state index contributed by atoms with van der Waals surface area (Å²) in [5.74, 6) is -0.104. The molecule has 1 aromatic carbocycles. The summed E-state index contributed by atoms with van der Waals surface area (Å²) in [7, 11) is 3.20. The van der Waals surface area contributed by atoms with Crippen LogP contribution in [0.1, 0.15) is 24.6 Å². The molecule has 1 aromatic heterocycles. The van der Waals surface area contributed by atoms with Crippen LogP contribution in [0.4, 0.5) is 13.2 Å². The molecule has 9 heteroatoms. The van der Waals surface area contributed by atoms with E-state index < -0.39 is 17.3 Å². The molecule has 1 atom stereocenters. The predicted molar refractivity (Wildman–Crippen MR) is 90.0 cm³/mol. The Hall–Kier alpha value is -2.84. The lowest BCUT2D eigenvalue weighted by atomic mass is 9.91. The van der Waals surface area contributed by atoms with Gasteiger partial charge in [-0.15, -0.1) is 0 Å². The Bertz CT molecular complexity index is 902. The summed E-state index contributed by atoms with van der Waals surface area (Å²) in [6.45, 7) is 1.75. The number of guanidine groups is 1. The second-order valence-corrected chi connectivity index (χ2v) is 6.49. The molecule has 2 aromatic rings. The second kappa shape index (κ2) is 5.86. The molecule has 0 radical (unpaired) electrons. The summed E-state index contributed by atoms with van der Waals surface area (Å²) in [6, 6.07) is 6.59. The molecule has 1 aliphatic rings. The predicted octanol–water partition coefficient (Wildman–Crippen LogP) is 2.50. The highest BCUT2D eigenvalue weighted by molar-refractivity contribution is 5.98. The fourth-order valence-corrected chi connectivity index (χ4v) is 3.02. The van der Waals surface area contributed by atoms with Gasteiger partial charge in [-0.1, -0.05) is 12.1 Å². The van der Waals surface area contributed by atoms with E-state index in [1.165, 1.54) is 22.7 Å². The van der Waals surface area contributed by atoms with Gasteiger partial charge < -0.3 is 5.73 Å². The lowest BCUT2D eigenvalue weighted by Gasteiger charge is -2.33. The SMILES string of the molecule is CN1C(=O)C[C@@](C)(c2cc(-c3cccc(C(F)(F)F)c3)nn2C)N=C1N. The molecule has 26 heavy (non-hydrogen) atoms. The number of hydrogen-bond acceptors (Lipinski definition) is 4. The molecular weight excluding hydrogens is 347 g/mol. The van der Waals surface area contributed by atoms with Crippen molar-refractivity contribution >= 4 is 11.9 Å². The largest absolute Gasteiger partial charge is 0.416 e. The van der Waals surface area contributed by atoms with E-state index in [4.69, 9.17) is 5.73 Å². The van der Waals surface area contributed by atoms with E-state index in [2.05, 4.69) is 10.1 Å². The van der Waals surface area contributed by atoms with Crippen molar-refractivity contribution in [3.8, 4) is 11.3 Å². The van der Waals surface area contributed by atoms with Crippen molar-refractivity contribution in [1.29, 1.82) is 0 Å². The van der Waals surface area contributed by atoms with Crippen LogP contribution in [0.5, 0.6) is 0 Å². The van der Waals surface area contributed by atoms with Crippen molar-refractivity contribution in [2.24, 2.45) is 17.8 Å². The number of aromatic nitrogens is 2. The first kappa shape index (κ1) is 18.0. The average Bonchev–Trinajstić information content (AvgIpc) is 2.95. The number of alkyl halides is 3. The number of aliphatic imine (C=N–C) groups is 1. The summed E-state index contributed by atoms with van der Waals surface area (Å²) >= 11 is 0. The summed E-state index contributed by atoms with van der Waals surface area (Å²) < 4.78 is 40.3. The number of nitrogens with zero attached hydrogens (tertiary/aromatic N) is 4. The fourth-order valence-electron chi connectivity index (χ4n) is 3.02. The summed E-state index contributed by atoms with van der Waals surface area (Å²) in [5.41, 5.74) is 5.43. The number of carbonyl (C=O) groups excluding carboxylic acids is 1. The molecule has 0 aliphatic carbocycles. The van der Waals surface area contributed by atoms with Gasteiger partial charge >= 0.3 is 6.18 Å². The van der Waals surface area contributed by atoms with Gasteiger partial charge in [-0.2, -0.15) is 18.3 Å². The van der Waals surface area contributed by atoms with Crippen molar-refractivity contribution in [3.05, 3.63) is 41.6 Å². The molecule has 6 nitrogen and oxygen atoms in total. The summed E-state index contributed by atoms with van der Waals surface area (Å²) in [5, 5.41) is 4.31. The monoisotopic (exact) mass is 365 g/mol. The molecule has 1 aliphatic heterocycles. The molecular formula is C17H18F3N5O. The molecule has 2 N–H and O–H groups in total. The molecule has 2 heterocycles. The average molecular weight is 365 g/mol. The molecule has 0 spiro atoms. The van der Waals surface area contributed by atoms with E-state index in [0.29, 0.717) is 17.0 Å². The van der Waals surface area contributed by atoms with Gasteiger partial charge in [0.2, 0.25) is 5.91 Å². The minimum Gasteiger partial charge on any atom is -0.369 e. The highest BCUT2D eigenvalue weighted by Crippen LogP contribution is 2.36. The molecule has 0 saturated carbocycles. The van der Waals surface area contributed by atoms with Crippen LogP contribution in [0.25, 0.3) is 11.3 Å². The van der Waals surface area contributed by atoms with E-state index in [1.807, 2.05) is 0 Å². The van der Waals surface area contributed by atoms with Gasteiger partial charge in [-0.3, -0.25) is 14.4 Å². The van der Waals surface area contributed by atoms with Gasteiger partial charge in [0, 0.05) is 19.7 Å². The highest BCUT2D eigenvalue weighted by atomic mass is 19.4. The van der Waals surface area contributed by atoms with Crippen LogP contribution in [0, 0.1) is 0 Å². The second-order valence-electron chi connectivity index (χ2n) is 6.49. The van der Waals surface area contributed by atoms with E-state index in [0.717, 1.165) is 12.1 Å². The molecule has 3 rings (SSSR count). The van der Waals surface area contributed by atoms with Crippen LogP contribution in [-0.4, -0.2) is 33.6 Å². The standard InChI is InChI=1S/C17H18F3N5O/c1-16(9-14(26)24(2)15(21)22-16)13-8-12(23-25(13)3)10-5-4-6-11(7-10)17(18,19)20/h4-8H,9H2,1-3H3,(H2,21,22)/t16-/m0/s1. The Morgan fingerprint density at radius 3 is 2.54 bits per heavy atom. The van der Waals surface area contributed by atoms with Crippen molar-refractivity contribution in [1.82, 2.24) is 14.7 Å². The van der Waals surface area contributed by atoms with Crippen LogP contribution in [-0.2, 0) is 23.6 Å². The Morgan fingerprint density at radius 2 is 1.92 bits per heavy atom. The molecule has 0 unspecified atom stereocenters. The molecule has 138 valence electrons. The first-order valence-electron chi connectivity index (χ1n) is 7.85. The third kappa shape index (κ3) is 3.04. The number of hydrogen-bond donors (Lipinski definition) is 1. The van der Waals surface area contributed by atoms with Gasteiger partial charge in [0.25, 0.3) is 0 Å². The Morgan fingerprint density at radius 1 is 1.23 bits per heavy atom. The third-order valence-electron chi connectivity index (χ3n) is 4.49. The molecule has 0 bridgehead atoms. The topological polar surface area (TPSA) is 76.5 Å². The molecule has 0 fully saturated rings. The minimum atomic E-state index is -4.43. The van der Waals surface area contributed by atoms with Crippen molar-refractivity contribution in [2.75, 3.05) is 7.05 Å². The van der Waals surface area contributed by atoms with Crippen LogP contribution >= 0.6 is 0 Å². The van der Waals surface area contributed by atoms with Crippen molar-refractivity contribution in [3.63, 3.8) is 0 Å². The fraction of sp³-hybridized carbons (Fsp3) is 0.353. The summed E-state index contributed by atoms with van der Waals surface area (Å²) in [4.78, 5) is 17.8. The van der Waals surface area contributed by atoms with Gasteiger partial charge in [-0.05, 0) is 25.1 Å². The molecule has 1 amide bonds. The Balaban J connectivity index is 2.05. The normalized spacial score (nSPS) is 21.1. The van der Waals surface area contributed by atoms with Gasteiger partial charge in [0.05, 0.1) is 23.4 Å². The maximum absolute atomic E-state index is 12.9. The first-order valence-corrected chi connectivity index (χ1v) is 7.85. The number of halogens is 3. The number of amides is 1. The third-order valence-corrected chi connectivity index (χ3v) is 4.49. The maximum Gasteiger partial charge on any atom is 0.416 e. The number of rotatable bonds is 2. The van der Waals surface area contributed by atoms with Gasteiger partial charge in [0.1, 0.15) is 5.54 Å². The van der Waals surface area contributed by atoms with E-state index >= 15 is 0 Å². The zero-order valence-corrected chi connectivity index (χ0v) is 14.5. The maximum atomic E-state index is 12.9. The number of carbonyl (C=O) groups is 1. The first-order chi connectivity index (χ1) is 12.0. The lowest BCUT2D eigenvalue weighted by Crippen LogP contribution is -2.48. The smallest absolute Gasteiger partial charge is 0.369 e. The zero-order valence-electron chi connectivity index (χ0n) is 14.5. The highest BCUT2D eigenvalue weighted by Gasteiger charge is 2.38. The number of benzene rings is 1. The van der Waals surface area contributed by atoms with Crippen LogP contribution in [0.3, 0.4) is 0 Å². The van der Waals surface area contributed by atoms with Gasteiger partial charge in [-0.25, -0.2) is 4.99 Å². The van der Waals surface area contributed by atoms with Crippen LogP contribution in [0.2, 0.25) is 0 Å².